The smallest absolute Gasteiger partial charge is 0.134 e. The number of aromatic nitrogens is 2. The Morgan fingerprint density at radius 3 is 3.29 bits per heavy atom. The van der Waals surface area contributed by atoms with E-state index in [9.17, 15) is 0 Å². The summed E-state index contributed by atoms with van der Waals surface area (Å²) in [6, 6.07) is 0. The molecule has 14 heavy (non-hydrogen) atoms. The molecule has 2 aliphatic rings. The highest BCUT2D eigenvalue weighted by Gasteiger charge is 2.22. The summed E-state index contributed by atoms with van der Waals surface area (Å²) >= 11 is 0. The molecule has 1 atom stereocenters. The van der Waals surface area contributed by atoms with E-state index < -0.39 is 0 Å². The largest absolute Gasteiger partial charge is 0.381 e. The minimum atomic E-state index is 0.417. The third kappa shape index (κ3) is 1.31. The van der Waals surface area contributed by atoms with Crippen molar-refractivity contribution >= 4 is 0 Å². The zero-order chi connectivity index (χ0) is 9.38. The molecule has 3 heterocycles. The Morgan fingerprint density at radius 1 is 1.43 bits per heavy atom. The maximum absolute atomic E-state index is 5.34. The molecule has 4 nitrogen and oxygen atoms in total. The molecule has 4 heteroatoms. The van der Waals surface area contributed by atoms with Gasteiger partial charge >= 0.3 is 0 Å². The maximum Gasteiger partial charge on any atom is 0.134 e. The second kappa shape index (κ2) is 3.29. The zero-order valence-corrected chi connectivity index (χ0v) is 7.99. The first-order chi connectivity index (χ1) is 6.93. The van der Waals surface area contributed by atoms with E-state index in [1.54, 1.807) is 0 Å². The summed E-state index contributed by atoms with van der Waals surface area (Å²) in [5.41, 5.74) is 2.41. The first kappa shape index (κ1) is 8.32. The Morgan fingerprint density at radius 2 is 2.43 bits per heavy atom. The van der Waals surface area contributed by atoms with Gasteiger partial charge < -0.3 is 10.1 Å². The Bertz CT molecular complexity index is 347. The summed E-state index contributed by atoms with van der Waals surface area (Å²) in [6.45, 7) is 3.44. The third-order valence-electron chi connectivity index (χ3n) is 2.88. The lowest BCUT2D eigenvalue weighted by Crippen LogP contribution is -2.06. The molecule has 1 unspecified atom stereocenters. The van der Waals surface area contributed by atoms with Gasteiger partial charge in [0, 0.05) is 37.4 Å². The molecule has 1 fully saturated rings. The fraction of sp³-hybridized carbons (Fsp3) is 0.600. The lowest BCUT2D eigenvalue weighted by molar-refractivity contribution is 0.193. The van der Waals surface area contributed by atoms with Crippen LogP contribution >= 0.6 is 0 Å². The van der Waals surface area contributed by atoms with Crippen LogP contribution in [0, 0.1) is 0 Å². The topological polar surface area (TPSA) is 47.0 Å². The minimum Gasteiger partial charge on any atom is -0.381 e. The van der Waals surface area contributed by atoms with Gasteiger partial charge in [0.05, 0.1) is 12.3 Å². The summed E-state index contributed by atoms with van der Waals surface area (Å²) in [5.74, 6) is 1.38. The van der Waals surface area contributed by atoms with Crippen LogP contribution in [0.2, 0.25) is 0 Å². The Hall–Kier alpha value is -1.00. The summed E-state index contributed by atoms with van der Waals surface area (Å²) in [5, 5.41) is 3.27. The first-order valence-corrected chi connectivity index (χ1v) is 5.06. The van der Waals surface area contributed by atoms with E-state index in [2.05, 4.69) is 15.3 Å². The molecule has 0 aliphatic carbocycles. The van der Waals surface area contributed by atoms with Gasteiger partial charge in [-0.05, 0) is 6.42 Å². The van der Waals surface area contributed by atoms with Crippen LogP contribution in [0.4, 0.5) is 0 Å². The first-order valence-electron chi connectivity index (χ1n) is 5.06. The number of fused-ring (bicyclic) bond motifs is 1. The predicted octanol–water partition coefficient (Wildman–Crippen LogP) is 0.584. The lowest BCUT2D eigenvalue weighted by atomic mass is 10.1. The molecule has 0 spiro atoms. The van der Waals surface area contributed by atoms with Crippen molar-refractivity contribution < 1.29 is 4.74 Å². The van der Waals surface area contributed by atoms with Crippen LogP contribution in [-0.4, -0.2) is 23.2 Å². The van der Waals surface area contributed by atoms with E-state index in [-0.39, 0.29) is 0 Å². The average molecular weight is 191 g/mol. The van der Waals surface area contributed by atoms with Gasteiger partial charge in [-0.15, -0.1) is 0 Å². The molecule has 1 aromatic heterocycles. The summed E-state index contributed by atoms with van der Waals surface area (Å²) in [6.07, 6.45) is 3.02. The average Bonchev–Trinajstić information content (AvgIpc) is 2.88. The van der Waals surface area contributed by atoms with Gasteiger partial charge in [0.2, 0.25) is 0 Å². The molecule has 1 saturated heterocycles. The van der Waals surface area contributed by atoms with Gasteiger partial charge in [-0.3, -0.25) is 0 Å². The maximum atomic E-state index is 5.34. The van der Waals surface area contributed by atoms with Crippen molar-refractivity contribution in [3.05, 3.63) is 23.3 Å². The summed E-state index contributed by atoms with van der Waals surface area (Å²) < 4.78 is 5.34. The SMILES string of the molecule is c1nc(C2CCOC2)nc2c1CNC2. The van der Waals surface area contributed by atoms with Crippen molar-refractivity contribution in [1.29, 1.82) is 0 Å². The number of nitrogens with zero attached hydrogens (tertiary/aromatic N) is 2. The molecular weight excluding hydrogens is 178 g/mol. The molecule has 0 saturated carbocycles. The van der Waals surface area contributed by atoms with Gasteiger partial charge in [0.15, 0.2) is 0 Å². The molecule has 0 bridgehead atoms. The Labute approximate surface area is 82.7 Å². The van der Waals surface area contributed by atoms with Gasteiger partial charge in [0.25, 0.3) is 0 Å². The van der Waals surface area contributed by atoms with Gasteiger partial charge in [-0.1, -0.05) is 0 Å². The number of rotatable bonds is 1. The fourth-order valence-corrected chi connectivity index (χ4v) is 2.01. The van der Waals surface area contributed by atoms with Crippen molar-refractivity contribution in [2.45, 2.75) is 25.4 Å². The van der Waals surface area contributed by atoms with E-state index in [0.717, 1.165) is 38.5 Å². The van der Waals surface area contributed by atoms with Gasteiger partial charge in [-0.2, -0.15) is 0 Å². The number of nitrogens with one attached hydrogen (secondary N) is 1. The van der Waals surface area contributed by atoms with Crippen LogP contribution in [0.5, 0.6) is 0 Å². The summed E-state index contributed by atoms with van der Waals surface area (Å²) in [4.78, 5) is 8.98. The Balaban J connectivity index is 1.91. The van der Waals surface area contributed by atoms with Crippen LogP contribution < -0.4 is 5.32 Å². The van der Waals surface area contributed by atoms with E-state index in [1.165, 1.54) is 11.3 Å². The molecule has 0 aromatic carbocycles. The van der Waals surface area contributed by atoms with Crippen LogP contribution in [-0.2, 0) is 17.8 Å². The highest BCUT2D eigenvalue weighted by Crippen LogP contribution is 2.23. The van der Waals surface area contributed by atoms with Gasteiger partial charge in [-0.25, -0.2) is 9.97 Å². The van der Waals surface area contributed by atoms with Crippen molar-refractivity contribution in [3.63, 3.8) is 0 Å². The summed E-state index contributed by atoms with van der Waals surface area (Å²) in [7, 11) is 0. The van der Waals surface area contributed by atoms with Crippen molar-refractivity contribution in [2.24, 2.45) is 0 Å². The van der Waals surface area contributed by atoms with Gasteiger partial charge in [0.1, 0.15) is 5.82 Å². The highest BCUT2D eigenvalue weighted by molar-refractivity contribution is 5.22. The van der Waals surface area contributed by atoms with E-state index in [4.69, 9.17) is 4.74 Å². The van der Waals surface area contributed by atoms with Crippen LogP contribution in [0.1, 0.15) is 29.4 Å². The molecule has 0 radical (unpaired) electrons. The lowest BCUT2D eigenvalue weighted by Gasteiger charge is -2.06. The van der Waals surface area contributed by atoms with E-state index >= 15 is 0 Å². The minimum absolute atomic E-state index is 0.417. The number of ether oxygens (including phenoxy) is 1. The zero-order valence-electron chi connectivity index (χ0n) is 7.99. The molecule has 3 rings (SSSR count). The van der Waals surface area contributed by atoms with E-state index in [0.29, 0.717) is 5.92 Å². The van der Waals surface area contributed by atoms with Crippen LogP contribution in [0.25, 0.3) is 0 Å². The fourth-order valence-electron chi connectivity index (χ4n) is 2.01. The molecule has 1 N–H and O–H groups in total. The molecule has 1 aromatic rings. The Kier molecular flexibility index (Phi) is 1.96. The second-order valence-electron chi connectivity index (χ2n) is 3.86. The third-order valence-corrected chi connectivity index (χ3v) is 2.88. The van der Waals surface area contributed by atoms with Crippen molar-refractivity contribution in [3.8, 4) is 0 Å². The van der Waals surface area contributed by atoms with Crippen molar-refractivity contribution in [1.82, 2.24) is 15.3 Å². The second-order valence-corrected chi connectivity index (χ2v) is 3.86. The number of hydrogen-bond donors (Lipinski definition) is 1. The van der Waals surface area contributed by atoms with Crippen LogP contribution in [0.15, 0.2) is 6.20 Å². The predicted molar refractivity (Wildman–Crippen MR) is 50.8 cm³/mol. The van der Waals surface area contributed by atoms with Crippen molar-refractivity contribution in [2.75, 3.05) is 13.2 Å². The number of hydrogen-bond acceptors (Lipinski definition) is 4. The molecule has 2 aliphatic heterocycles. The molecule has 0 amide bonds. The molecule has 74 valence electrons. The highest BCUT2D eigenvalue weighted by atomic mass is 16.5. The normalized spacial score (nSPS) is 25.3. The van der Waals surface area contributed by atoms with Crippen LogP contribution in [0.3, 0.4) is 0 Å². The van der Waals surface area contributed by atoms with E-state index in [1.807, 2.05) is 6.20 Å². The molecular formula is C10H13N3O. The monoisotopic (exact) mass is 191 g/mol. The standard InChI is InChI=1S/C10H13N3O/c1-2-14-6-7(1)10-12-4-8-3-11-5-9(8)13-10/h4,7,11H,1-3,5-6H2. The quantitative estimate of drug-likeness (QED) is 0.705.